The number of hydrogen-bond donors (Lipinski definition) is 1. The summed E-state index contributed by atoms with van der Waals surface area (Å²) in [7, 11) is -0.529. The summed E-state index contributed by atoms with van der Waals surface area (Å²) in [4.78, 5) is 2.62. The molecule has 2 aliphatic heterocycles. The second-order valence-corrected chi connectivity index (χ2v) is 7.09. The van der Waals surface area contributed by atoms with E-state index in [1.807, 2.05) is 0 Å². The van der Waals surface area contributed by atoms with E-state index in [0.717, 1.165) is 44.0 Å². The molecule has 94 valence electrons. The molecule has 0 saturated carbocycles. The molecule has 0 spiro atoms. The number of nitrogens with zero attached hydrogens (tertiary/aromatic N) is 1. The fourth-order valence-electron chi connectivity index (χ4n) is 2.78. The fraction of sp³-hybridized carbons (Fsp3) is 1.00. The minimum atomic E-state index is -0.529. The average Bonchev–Trinajstić information content (AvgIpc) is 2.30. The molecule has 0 amide bonds. The van der Waals surface area contributed by atoms with Gasteiger partial charge >= 0.3 is 0 Å². The Morgan fingerprint density at radius 2 is 2.12 bits per heavy atom. The van der Waals surface area contributed by atoms with Gasteiger partial charge in [0.15, 0.2) is 0 Å². The van der Waals surface area contributed by atoms with Crippen LogP contribution in [0, 0.1) is 0 Å². The summed E-state index contributed by atoms with van der Waals surface area (Å²) < 4.78 is 11.4. The molecule has 0 aromatic heterocycles. The van der Waals surface area contributed by atoms with Crippen LogP contribution in [0.25, 0.3) is 0 Å². The number of hydrogen-bond acceptors (Lipinski definition) is 3. The molecule has 0 aromatic rings. The first-order chi connectivity index (χ1) is 7.63. The van der Waals surface area contributed by atoms with Crippen LogP contribution in [0.4, 0.5) is 0 Å². The Morgan fingerprint density at radius 1 is 1.44 bits per heavy atom. The van der Waals surface area contributed by atoms with E-state index in [-0.39, 0.29) is 5.54 Å². The van der Waals surface area contributed by atoms with Gasteiger partial charge in [-0.15, -0.1) is 0 Å². The molecule has 2 aliphatic rings. The zero-order valence-electron chi connectivity index (χ0n) is 10.5. The predicted octanol–water partition coefficient (Wildman–Crippen LogP) is 0.971. The maximum atomic E-state index is 11.4. The van der Waals surface area contributed by atoms with Gasteiger partial charge in [0.2, 0.25) is 0 Å². The van der Waals surface area contributed by atoms with Crippen LogP contribution >= 0.6 is 0 Å². The molecule has 1 N–H and O–H groups in total. The Hall–Kier alpha value is 0.0700. The van der Waals surface area contributed by atoms with Crippen molar-refractivity contribution in [1.82, 2.24) is 10.2 Å². The lowest BCUT2D eigenvalue weighted by Gasteiger charge is -2.45. The molecule has 2 fully saturated rings. The highest BCUT2D eigenvalue weighted by Crippen LogP contribution is 2.22. The summed E-state index contributed by atoms with van der Waals surface area (Å²) in [6.07, 6.45) is 3.45. The lowest BCUT2D eigenvalue weighted by molar-refractivity contribution is 0.0927. The highest BCUT2D eigenvalue weighted by Gasteiger charge is 2.33. The predicted molar refractivity (Wildman–Crippen MR) is 69.2 cm³/mol. The van der Waals surface area contributed by atoms with E-state index in [9.17, 15) is 4.21 Å². The SMILES string of the molecule is CCC1(C)CN(C2CCS(=O)CC2)CCN1. The molecule has 2 saturated heterocycles. The second-order valence-electron chi connectivity index (χ2n) is 5.39. The van der Waals surface area contributed by atoms with Crippen molar-refractivity contribution in [3.63, 3.8) is 0 Å². The smallest absolute Gasteiger partial charge is 0.0278 e. The third-order valence-electron chi connectivity index (χ3n) is 4.16. The minimum absolute atomic E-state index is 0.287. The van der Waals surface area contributed by atoms with Gasteiger partial charge in [0.1, 0.15) is 0 Å². The first-order valence-corrected chi connectivity index (χ1v) is 7.96. The highest BCUT2D eigenvalue weighted by atomic mass is 32.2. The summed E-state index contributed by atoms with van der Waals surface area (Å²) in [6, 6.07) is 0.686. The Bertz CT molecular complexity index is 262. The standard InChI is InChI=1S/C12H24N2OS/c1-3-12(2)10-14(7-6-13-12)11-4-8-16(15)9-5-11/h11,13H,3-10H2,1-2H3. The quantitative estimate of drug-likeness (QED) is 0.786. The topological polar surface area (TPSA) is 32.3 Å². The van der Waals surface area contributed by atoms with Crippen LogP contribution < -0.4 is 5.32 Å². The molecule has 2 heterocycles. The van der Waals surface area contributed by atoms with Crippen molar-refractivity contribution in [2.75, 3.05) is 31.1 Å². The molecule has 16 heavy (non-hydrogen) atoms. The van der Waals surface area contributed by atoms with Crippen molar-refractivity contribution in [3.05, 3.63) is 0 Å². The molecule has 0 radical (unpaired) electrons. The van der Waals surface area contributed by atoms with E-state index >= 15 is 0 Å². The number of piperazine rings is 1. The summed E-state index contributed by atoms with van der Waals surface area (Å²) in [5.74, 6) is 1.83. The maximum Gasteiger partial charge on any atom is 0.0278 e. The lowest BCUT2D eigenvalue weighted by atomic mass is 9.94. The van der Waals surface area contributed by atoms with Crippen LogP contribution in [0.2, 0.25) is 0 Å². The third-order valence-corrected chi connectivity index (χ3v) is 5.54. The second kappa shape index (κ2) is 5.15. The van der Waals surface area contributed by atoms with Crippen molar-refractivity contribution >= 4 is 10.8 Å². The Kier molecular flexibility index (Phi) is 4.03. The van der Waals surface area contributed by atoms with Gasteiger partial charge in [0, 0.05) is 53.5 Å². The van der Waals surface area contributed by atoms with E-state index in [0.29, 0.717) is 6.04 Å². The molecule has 1 atom stereocenters. The van der Waals surface area contributed by atoms with Crippen molar-refractivity contribution in [1.29, 1.82) is 0 Å². The van der Waals surface area contributed by atoms with E-state index in [1.165, 1.54) is 6.42 Å². The van der Waals surface area contributed by atoms with Gasteiger partial charge in [-0.2, -0.15) is 0 Å². The van der Waals surface area contributed by atoms with Crippen LogP contribution in [-0.4, -0.2) is 51.8 Å². The van der Waals surface area contributed by atoms with Crippen molar-refractivity contribution in [2.24, 2.45) is 0 Å². The van der Waals surface area contributed by atoms with Crippen LogP contribution in [0.1, 0.15) is 33.1 Å². The number of rotatable bonds is 2. The van der Waals surface area contributed by atoms with Gasteiger partial charge < -0.3 is 5.32 Å². The summed E-state index contributed by atoms with van der Waals surface area (Å²) in [5.41, 5.74) is 0.287. The highest BCUT2D eigenvalue weighted by molar-refractivity contribution is 7.85. The van der Waals surface area contributed by atoms with E-state index in [4.69, 9.17) is 0 Å². The zero-order valence-corrected chi connectivity index (χ0v) is 11.3. The normalized spacial score (nSPS) is 42.1. The first-order valence-electron chi connectivity index (χ1n) is 6.47. The largest absolute Gasteiger partial charge is 0.309 e. The summed E-state index contributed by atoms with van der Waals surface area (Å²) in [5, 5.41) is 3.62. The van der Waals surface area contributed by atoms with Crippen LogP contribution in [0.5, 0.6) is 0 Å². The molecular weight excluding hydrogens is 220 g/mol. The maximum absolute atomic E-state index is 11.4. The first kappa shape index (κ1) is 12.5. The zero-order chi connectivity index (χ0) is 11.6. The van der Waals surface area contributed by atoms with Crippen molar-refractivity contribution < 1.29 is 4.21 Å². The van der Waals surface area contributed by atoms with E-state index in [2.05, 4.69) is 24.1 Å². The number of nitrogens with one attached hydrogen (secondary N) is 1. The van der Waals surface area contributed by atoms with Gasteiger partial charge in [-0.1, -0.05) is 6.92 Å². The molecule has 3 nitrogen and oxygen atoms in total. The fourth-order valence-corrected chi connectivity index (χ4v) is 4.05. The Labute approximate surface area is 101 Å². The van der Waals surface area contributed by atoms with Gasteiger partial charge in [-0.3, -0.25) is 9.11 Å². The molecule has 1 unspecified atom stereocenters. The lowest BCUT2D eigenvalue weighted by Crippen LogP contribution is -2.61. The van der Waals surface area contributed by atoms with Crippen LogP contribution in [-0.2, 0) is 10.8 Å². The molecular formula is C12H24N2OS. The monoisotopic (exact) mass is 244 g/mol. The minimum Gasteiger partial charge on any atom is -0.309 e. The molecule has 0 bridgehead atoms. The average molecular weight is 244 g/mol. The molecule has 0 aromatic carbocycles. The molecule has 4 heteroatoms. The third kappa shape index (κ3) is 2.84. The Morgan fingerprint density at radius 3 is 2.75 bits per heavy atom. The van der Waals surface area contributed by atoms with Gasteiger partial charge in [0.25, 0.3) is 0 Å². The summed E-state index contributed by atoms with van der Waals surface area (Å²) in [6.45, 7) is 7.99. The van der Waals surface area contributed by atoms with Gasteiger partial charge in [-0.05, 0) is 26.2 Å². The van der Waals surface area contributed by atoms with Crippen molar-refractivity contribution in [3.8, 4) is 0 Å². The summed E-state index contributed by atoms with van der Waals surface area (Å²) >= 11 is 0. The Balaban J connectivity index is 1.92. The van der Waals surface area contributed by atoms with Crippen LogP contribution in [0.3, 0.4) is 0 Å². The van der Waals surface area contributed by atoms with Crippen LogP contribution in [0.15, 0.2) is 0 Å². The van der Waals surface area contributed by atoms with Gasteiger partial charge in [-0.25, -0.2) is 0 Å². The van der Waals surface area contributed by atoms with E-state index < -0.39 is 10.8 Å². The molecule has 2 rings (SSSR count). The van der Waals surface area contributed by atoms with E-state index in [1.54, 1.807) is 0 Å². The van der Waals surface area contributed by atoms with Gasteiger partial charge in [0.05, 0.1) is 0 Å². The molecule has 0 aliphatic carbocycles. The van der Waals surface area contributed by atoms with Crippen molar-refractivity contribution in [2.45, 2.75) is 44.7 Å².